The van der Waals surface area contributed by atoms with Gasteiger partial charge in [-0.1, -0.05) is 0 Å². The number of hydrogen-bond acceptors (Lipinski definition) is 5. The van der Waals surface area contributed by atoms with Crippen molar-refractivity contribution >= 4 is 17.3 Å². The third-order valence-corrected chi connectivity index (χ3v) is 3.63. The molecule has 0 aromatic carbocycles. The average molecular weight is 318 g/mol. The van der Waals surface area contributed by atoms with Gasteiger partial charge in [0, 0.05) is 25.2 Å². The lowest BCUT2D eigenvalue weighted by Crippen LogP contribution is -2.35. The van der Waals surface area contributed by atoms with Crippen LogP contribution < -0.4 is 4.74 Å². The van der Waals surface area contributed by atoms with Crippen LogP contribution in [0.2, 0.25) is 0 Å². The van der Waals surface area contributed by atoms with Crippen LogP contribution in [-0.2, 0) is 4.74 Å². The molecule has 2 aromatic heterocycles. The molecule has 1 N–H and O–H groups in total. The first-order valence-electron chi connectivity index (χ1n) is 7.82. The third kappa shape index (κ3) is 3.91. The van der Waals surface area contributed by atoms with E-state index in [1.54, 1.807) is 11.1 Å². The number of ether oxygens (including phenoxy) is 2. The van der Waals surface area contributed by atoms with Crippen LogP contribution >= 0.6 is 0 Å². The van der Waals surface area contributed by atoms with Crippen LogP contribution in [0.3, 0.4) is 0 Å². The van der Waals surface area contributed by atoms with E-state index in [2.05, 4.69) is 15.0 Å². The number of H-pyrrole nitrogens is 1. The van der Waals surface area contributed by atoms with Gasteiger partial charge < -0.3 is 19.4 Å². The predicted molar refractivity (Wildman–Crippen MR) is 85.3 cm³/mol. The Hall–Kier alpha value is -2.31. The van der Waals surface area contributed by atoms with E-state index in [4.69, 9.17) is 9.47 Å². The van der Waals surface area contributed by atoms with Crippen molar-refractivity contribution in [3.8, 4) is 6.01 Å². The smallest absolute Gasteiger partial charge is 0.410 e. The van der Waals surface area contributed by atoms with E-state index in [1.807, 2.05) is 32.9 Å². The molecule has 1 aliphatic rings. The zero-order chi connectivity index (χ0) is 16.4. The van der Waals surface area contributed by atoms with Crippen LogP contribution in [0.15, 0.2) is 18.3 Å². The van der Waals surface area contributed by atoms with Gasteiger partial charge in [-0.25, -0.2) is 9.78 Å². The Morgan fingerprint density at radius 3 is 3.04 bits per heavy atom. The zero-order valence-electron chi connectivity index (χ0n) is 13.7. The van der Waals surface area contributed by atoms with E-state index < -0.39 is 5.60 Å². The number of hydrogen-bond donors (Lipinski definition) is 1. The molecule has 124 valence electrons. The number of aromatic nitrogens is 3. The highest BCUT2D eigenvalue weighted by atomic mass is 16.6. The van der Waals surface area contributed by atoms with Gasteiger partial charge in [-0.3, -0.25) is 0 Å². The lowest BCUT2D eigenvalue weighted by molar-refractivity contribution is 0.0284. The lowest BCUT2D eigenvalue weighted by atomic mass is 10.1. The number of carbonyl (C=O) groups excluding carboxylic acids is 1. The van der Waals surface area contributed by atoms with Crippen LogP contribution in [-0.4, -0.2) is 51.2 Å². The molecule has 23 heavy (non-hydrogen) atoms. The molecule has 1 fully saturated rings. The Morgan fingerprint density at radius 2 is 2.30 bits per heavy atom. The Balaban J connectivity index is 1.51. The lowest BCUT2D eigenvalue weighted by Gasteiger charge is -2.24. The fourth-order valence-corrected chi connectivity index (χ4v) is 2.55. The number of carbonyl (C=O) groups is 1. The number of likely N-dealkylation sites (tertiary alicyclic amines) is 1. The van der Waals surface area contributed by atoms with Crippen LogP contribution in [0.4, 0.5) is 4.79 Å². The number of rotatable bonds is 3. The SMILES string of the molecule is CC(C)(C)OC(=O)N1CC[C@@H](COc2nc3ncccc3[nH]2)C1. The highest BCUT2D eigenvalue weighted by Crippen LogP contribution is 2.21. The van der Waals surface area contributed by atoms with E-state index in [0.717, 1.165) is 11.9 Å². The first kappa shape index (κ1) is 15.6. The summed E-state index contributed by atoms with van der Waals surface area (Å²) in [6.07, 6.45) is 2.34. The van der Waals surface area contributed by atoms with E-state index in [1.165, 1.54) is 0 Å². The van der Waals surface area contributed by atoms with E-state index in [9.17, 15) is 4.79 Å². The summed E-state index contributed by atoms with van der Waals surface area (Å²) in [6.45, 7) is 7.47. The van der Waals surface area contributed by atoms with Crippen LogP contribution in [0, 0.1) is 5.92 Å². The molecule has 2 aromatic rings. The molecular formula is C16H22N4O3. The topological polar surface area (TPSA) is 80.3 Å². The summed E-state index contributed by atoms with van der Waals surface area (Å²) < 4.78 is 11.1. The molecule has 0 bridgehead atoms. The molecule has 0 spiro atoms. The summed E-state index contributed by atoms with van der Waals surface area (Å²) in [4.78, 5) is 25.3. The molecule has 3 heterocycles. The Morgan fingerprint density at radius 1 is 1.48 bits per heavy atom. The molecule has 1 saturated heterocycles. The maximum atomic E-state index is 12.0. The van der Waals surface area contributed by atoms with Gasteiger partial charge in [0.1, 0.15) is 5.60 Å². The third-order valence-electron chi connectivity index (χ3n) is 3.63. The monoisotopic (exact) mass is 318 g/mol. The van der Waals surface area contributed by atoms with E-state index >= 15 is 0 Å². The van der Waals surface area contributed by atoms with E-state index in [-0.39, 0.29) is 12.0 Å². The van der Waals surface area contributed by atoms with Crippen molar-refractivity contribution in [3.63, 3.8) is 0 Å². The second kappa shape index (κ2) is 6.06. The average Bonchev–Trinajstić information content (AvgIpc) is 3.09. The molecular weight excluding hydrogens is 296 g/mol. The van der Waals surface area contributed by atoms with Crippen LogP contribution in [0.1, 0.15) is 27.2 Å². The molecule has 1 atom stereocenters. The maximum Gasteiger partial charge on any atom is 0.410 e. The fraction of sp³-hybridized carbons (Fsp3) is 0.562. The second-order valence-corrected chi connectivity index (χ2v) is 6.81. The predicted octanol–water partition coefficient (Wildman–Crippen LogP) is 2.59. The van der Waals surface area contributed by atoms with Crippen LogP contribution in [0.25, 0.3) is 11.2 Å². The standard InChI is InChI=1S/C16H22N4O3/c1-16(2,3)23-15(21)20-8-6-11(9-20)10-22-14-18-12-5-4-7-17-13(12)19-14/h4-5,7,11H,6,8-10H2,1-3H3,(H,17,18,19)/t11-/m1/s1. The normalized spacial score (nSPS) is 18.4. The Bertz CT molecular complexity index is 659. The summed E-state index contributed by atoms with van der Waals surface area (Å²) in [5.41, 5.74) is 1.03. The van der Waals surface area contributed by atoms with Crippen molar-refractivity contribution < 1.29 is 14.3 Å². The molecule has 0 unspecified atom stereocenters. The number of nitrogens with one attached hydrogen (secondary N) is 1. The fourth-order valence-electron chi connectivity index (χ4n) is 2.55. The Kier molecular flexibility index (Phi) is 4.11. The first-order chi connectivity index (χ1) is 10.9. The molecule has 0 saturated carbocycles. The summed E-state index contributed by atoms with van der Waals surface area (Å²) in [5.74, 6) is 0.281. The second-order valence-electron chi connectivity index (χ2n) is 6.81. The van der Waals surface area contributed by atoms with Gasteiger partial charge in [0.15, 0.2) is 5.65 Å². The van der Waals surface area contributed by atoms with Gasteiger partial charge in [-0.05, 0) is 39.3 Å². The van der Waals surface area contributed by atoms with Gasteiger partial charge >= 0.3 is 6.09 Å². The molecule has 7 heteroatoms. The minimum absolute atomic E-state index is 0.257. The van der Waals surface area contributed by atoms with Gasteiger partial charge in [0.25, 0.3) is 6.01 Å². The molecule has 1 aliphatic heterocycles. The quantitative estimate of drug-likeness (QED) is 0.941. The summed E-state index contributed by atoms with van der Waals surface area (Å²) >= 11 is 0. The van der Waals surface area contributed by atoms with Crippen molar-refractivity contribution in [1.82, 2.24) is 19.9 Å². The van der Waals surface area contributed by atoms with Gasteiger partial charge in [0.2, 0.25) is 0 Å². The van der Waals surface area contributed by atoms with Gasteiger partial charge in [-0.2, -0.15) is 4.98 Å². The van der Waals surface area contributed by atoms with Gasteiger partial charge in [0.05, 0.1) is 12.1 Å². The minimum Gasteiger partial charge on any atom is -0.464 e. The minimum atomic E-state index is -0.465. The van der Waals surface area contributed by atoms with Crippen molar-refractivity contribution in [1.29, 1.82) is 0 Å². The Labute approximate surface area is 135 Å². The van der Waals surface area contributed by atoms with Crippen molar-refractivity contribution in [2.24, 2.45) is 5.92 Å². The van der Waals surface area contributed by atoms with Crippen molar-refractivity contribution in [2.45, 2.75) is 32.8 Å². The molecule has 3 rings (SSSR count). The van der Waals surface area contributed by atoms with Gasteiger partial charge in [-0.15, -0.1) is 0 Å². The van der Waals surface area contributed by atoms with Crippen molar-refractivity contribution in [3.05, 3.63) is 18.3 Å². The number of fused-ring (bicyclic) bond motifs is 1. The number of aromatic amines is 1. The van der Waals surface area contributed by atoms with E-state index in [0.29, 0.717) is 31.4 Å². The highest BCUT2D eigenvalue weighted by molar-refractivity contribution is 5.70. The maximum absolute atomic E-state index is 12.0. The summed E-state index contributed by atoms with van der Waals surface area (Å²) in [5, 5.41) is 0. The largest absolute Gasteiger partial charge is 0.464 e. The summed E-state index contributed by atoms with van der Waals surface area (Å²) in [7, 11) is 0. The molecule has 7 nitrogen and oxygen atoms in total. The van der Waals surface area contributed by atoms with Crippen LogP contribution in [0.5, 0.6) is 6.01 Å². The molecule has 1 amide bonds. The summed E-state index contributed by atoms with van der Waals surface area (Å²) in [6, 6.07) is 4.22. The highest BCUT2D eigenvalue weighted by Gasteiger charge is 2.30. The van der Waals surface area contributed by atoms with Crippen molar-refractivity contribution in [2.75, 3.05) is 19.7 Å². The number of amides is 1. The number of nitrogens with zero attached hydrogens (tertiary/aromatic N) is 3. The number of imidazole rings is 1. The molecule has 0 radical (unpaired) electrons. The molecule has 0 aliphatic carbocycles. The number of pyridine rings is 1. The first-order valence-corrected chi connectivity index (χ1v) is 7.82. The zero-order valence-corrected chi connectivity index (χ0v) is 13.7.